The summed E-state index contributed by atoms with van der Waals surface area (Å²) in [5.74, 6) is 1.59. The van der Waals surface area contributed by atoms with Gasteiger partial charge in [-0.05, 0) is 66.1 Å². The van der Waals surface area contributed by atoms with Gasteiger partial charge in [0.1, 0.15) is 0 Å². The van der Waals surface area contributed by atoms with Crippen LogP contribution in [0.2, 0.25) is 0 Å². The van der Waals surface area contributed by atoms with Crippen molar-refractivity contribution in [3.8, 4) is 11.5 Å². The summed E-state index contributed by atoms with van der Waals surface area (Å²) in [7, 11) is 3.27. The first-order chi connectivity index (χ1) is 16.6. The molecule has 0 fully saturated rings. The van der Waals surface area contributed by atoms with Crippen LogP contribution >= 0.6 is 11.8 Å². The van der Waals surface area contributed by atoms with Crippen LogP contribution in [0.5, 0.6) is 11.5 Å². The van der Waals surface area contributed by atoms with E-state index in [1.807, 2.05) is 30.3 Å². The van der Waals surface area contributed by atoms with Crippen LogP contribution in [0.3, 0.4) is 0 Å². The van der Waals surface area contributed by atoms with Crippen molar-refractivity contribution >= 4 is 28.9 Å². The average Bonchev–Trinajstić information content (AvgIpc) is 3.05. The second kappa shape index (κ2) is 9.47. The Hall–Kier alpha value is -3.38. The number of carbonyl (C=O) groups excluding carboxylic acids is 1. The van der Waals surface area contributed by atoms with Gasteiger partial charge in [0.2, 0.25) is 0 Å². The van der Waals surface area contributed by atoms with Gasteiger partial charge in [-0.1, -0.05) is 30.3 Å². The van der Waals surface area contributed by atoms with Crippen molar-refractivity contribution in [2.24, 2.45) is 0 Å². The normalized spacial score (nSPS) is 19.3. The summed E-state index contributed by atoms with van der Waals surface area (Å²) >= 11 is 1.71. The molecule has 0 saturated carbocycles. The summed E-state index contributed by atoms with van der Waals surface area (Å²) in [6.45, 7) is 0. The van der Waals surface area contributed by atoms with Crippen LogP contribution in [0, 0.1) is 0 Å². The van der Waals surface area contributed by atoms with Crippen molar-refractivity contribution in [1.82, 2.24) is 0 Å². The molecule has 34 heavy (non-hydrogen) atoms. The van der Waals surface area contributed by atoms with Crippen LogP contribution in [-0.4, -0.2) is 26.3 Å². The van der Waals surface area contributed by atoms with Gasteiger partial charge in [0.15, 0.2) is 17.3 Å². The Labute approximate surface area is 204 Å². The highest BCUT2D eigenvalue weighted by molar-refractivity contribution is 7.98. The van der Waals surface area contributed by atoms with Crippen LogP contribution in [0.1, 0.15) is 35.9 Å². The zero-order valence-corrected chi connectivity index (χ0v) is 20.4. The fourth-order valence-electron chi connectivity index (χ4n) is 4.88. The summed E-state index contributed by atoms with van der Waals surface area (Å²) in [5, 5.41) is 7.25. The maximum atomic E-state index is 13.7. The van der Waals surface area contributed by atoms with E-state index in [-0.39, 0.29) is 17.7 Å². The van der Waals surface area contributed by atoms with Crippen molar-refractivity contribution in [3.05, 3.63) is 89.1 Å². The number of carbonyl (C=O) groups is 1. The molecule has 0 saturated heterocycles. The number of fused-ring (bicyclic) bond motifs is 1. The van der Waals surface area contributed by atoms with E-state index in [1.54, 1.807) is 26.0 Å². The van der Waals surface area contributed by atoms with E-state index in [0.29, 0.717) is 17.9 Å². The van der Waals surface area contributed by atoms with E-state index in [0.717, 1.165) is 40.2 Å². The average molecular weight is 473 g/mol. The molecule has 3 aromatic rings. The standard InChI is InChI=1S/C28H28N2O3S/c1-32-25-13-10-18(16-26(25)33-2)19-14-23-27(24(31)15-19)28(17-8-11-20(34-3)12-9-17)30-22-7-5-4-6-21(22)29-23/h4-13,16,19,28-30H,14-15H2,1-3H3/t19-,28-/m0/s1. The summed E-state index contributed by atoms with van der Waals surface area (Å²) in [6, 6.07) is 22.3. The lowest BCUT2D eigenvalue weighted by molar-refractivity contribution is -0.116. The molecular weight excluding hydrogens is 444 g/mol. The van der Waals surface area contributed by atoms with Crippen molar-refractivity contribution in [1.29, 1.82) is 0 Å². The van der Waals surface area contributed by atoms with Crippen molar-refractivity contribution < 1.29 is 14.3 Å². The lowest BCUT2D eigenvalue weighted by atomic mass is 9.78. The number of thioether (sulfide) groups is 1. The van der Waals surface area contributed by atoms with Gasteiger partial charge in [0.05, 0.1) is 31.6 Å². The fraction of sp³-hybridized carbons (Fsp3) is 0.250. The number of nitrogens with one attached hydrogen (secondary N) is 2. The van der Waals surface area contributed by atoms with Gasteiger partial charge in [0, 0.05) is 22.6 Å². The Morgan fingerprint density at radius 3 is 2.26 bits per heavy atom. The molecule has 0 unspecified atom stereocenters. The molecule has 0 aromatic heterocycles. The van der Waals surface area contributed by atoms with Crippen LogP contribution in [0.4, 0.5) is 11.4 Å². The van der Waals surface area contributed by atoms with E-state index in [1.165, 1.54) is 4.90 Å². The lowest BCUT2D eigenvalue weighted by Crippen LogP contribution is -2.26. The number of para-hydroxylation sites is 2. The van der Waals surface area contributed by atoms with Crippen molar-refractivity contribution in [2.75, 3.05) is 31.1 Å². The van der Waals surface area contributed by atoms with Crippen LogP contribution in [0.25, 0.3) is 0 Å². The molecule has 2 aliphatic rings. The zero-order chi connectivity index (χ0) is 23.7. The van der Waals surface area contributed by atoms with E-state index >= 15 is 0 Å². The molecule has 2 N–H and O–H groups in total. The van der Waals surface area contributed by atoms with Crippen molar-refractivity contribution in [3.63, 3.8) is 0 Å². The van der Waals surface area contributed by atoms with Crippen LogP contribution in [-0.2, 0) is 4.79 Å². The van der Waals surface area contributed by atoms with Crippen LogP contribution in [0.15, 0.2) is 82.9 Å². The first-order valence-corrected chi connectivity index (χ1v) is 12.6. The summed E-state index contributed by atoms with van der Waals surface area (Å²) in [5.41, 5.74) is 5.94. The molecule has 0 radical (unpaired) electrons. The number of Topliss-reactive ketones (excluding diaryl/α,β-unsaturated/α-hetero) is 1. The molecule has 3 aromatic carbocycles. The number of benzene rings is 3. The first-order valence-electron chi connectivity index (χ1n) is 11.4. The van der Waals surface area contributed by atoms with E-state index in [9.17, 15) is 4.79 Å². The smallest absolute Gasteiger partial charge is 0.163 e. The highest BCUT2D eigenvalue weighted by Gasteiger charge is 2.36. The second-order valence-corrected chi connectivity index (χ2v) is 9.44. The summed E-state index contributed by atoms with van der Waals surface area (Å²) in [4.78, 5) is 14.9. The second-order valence-electron chi connectivity index (χ2n) is 8.56. The van der Waals surface area contributed by atoms with Gasteiger partial charge in [-0.2, -0.15) is 0 Å². The Morgan fingerprint density at radius 1 is 0.853 bits per heavy atom. The minimum absolute atomic E-state index is 0.0586. The van der Waals surface area contributed by atoms with Gasteiger partial charge in [-0.25, -0.2) is 0 Å². The molecule has 5 rings (SSSR count). The molecule has 2 atom stereocenters. The Bertz CT molecular complexity index is 1250. The van der Waals surface area contributed by atoms with Crippen LogP contribution < -0.4 is 20.1 Å². The first kappa shape index (κ1) is 22.4. The quantitative estimate of drug-likeness (QED) is 0.419. The summed E-state index contributed by atoms with van der Waals surface area (Å²) in [6.07, 6.45) is 3.26. The molecule has 1 aliphatic carbocycles. The highest BCUT2D eigenvalue weighted by Crippen LogP contribution is 2.45. The molecular formula is C28H28N2O3S. The highest BCUT2D eigenvalue weighted by atomic mass is 32.2. The number of ether oxygens (including phenoxy) is 2. The number of methoxy groups -OCH3 is 2. The maximum Gasteiger partial charge on any atom is 0.163 e. The predicted octanol–water partition coefficient (Wildman–Crippen LogP) is 6.41. The molecule has 6 heteroatoms. The van der Waals surface area contributed by atoms with E-state index < -0.39 is 0 Å². The Morgan fingerprint density at radius 2 is 1.56 bits per heavy atom. The molecule has 5 nitrogen and oxygen atoms in total. The number of rotatable bonds is 5. The minimum Gasteiger partial charge on any atom is -0.493 e. The molecule has 0 bridgehead atoms. The van der Waals surface area contributed by atoms with Gasteiger partial charge in [-0.3, -0.25) is 4.79 Å². The molecule has 0 amide bonds. The minimum atomic E-state index is -0.207. The molecule has 0 spiro atoms. The van der Waals surface area contributed by atoms with Gasteiger partial charge in [-0.15, -0.1) is 11.8 Å². The topological polar surface area (TPSA) is 59.6 Å². The fourth-order valence-corrected chi connectivity index (χ4v) is 5.29. The van der Waals surface area contributed by atoms with Gasteiger partial charge < -0.3 is 20.1 Å². The molecule has 1 aliphatic heterocycles. The number of hydrogen-bond donors (Lipinski definition) is 2. The van der Waals surface area contributed by atoms with Gasteiger partial charge in [0.25, 0.3) is 0 Å². The number of hydrogen-bond acceptors (Lipinski definition) is 6. The SMILES string of the molecule is COc1ccc([C@@H]2CC(=O)C3=C(C2)Nc2ccccc2N[C@H]3c2ccc(SC)cc2)cc1OC. The number of allylic oxidation sites excluding steroid dienone is 1. The summed E-state index contributed by atoms with van der Waals surface area (Å²) < 4.78 is 10.9. The number of ketones is 1. The van der Waals surface area contributed by atoms with Gasteiger partial charge >= 0.3 is 0 Å². The third-order valence-electron chi connectivity index (χ3n) is 6.64. The third kappa shape index (κ3) is 4.14. The zero-order valence-electron chi connectivity index (χ0n) is 19.6. The maximum absolute atomic E-state index is 13.7. The predicted molar refractivity (Wildman–Crippen MR) is 138 cm³/mol. The van der Waals surface area contributed by atoms with Crippen molar-refractivity contribution in [2.45, 2.75) is 29.7 Å². The largest absolute Gasteiger partial charge is 0.493 e. The third-order valence-corrected chi connectivity index (χ3v) is 7.38. The Kier molecular flexibility index (Phi) is 6.24. The monoisotopic (exact) mass is 472 g/mol. The molecule has 1 heterocycles. The lowest BCUT2D eigenvalue weighted by Gasteiger charge is -2.30. The van der Waals surface area contributed by atoms with E-state index in [4.69, 9.17) is 9.47 Å². The molecule has 174 valence electrons. The Balaban J connectivity index is 1.56. The van der Waals surface area contributed by atoms with E-state index in [2.05, 4.69) is 53.3 Å². The number of anilines is 2.